The van der Waals surface area contributed by atoms with E-state index in [1.54, 1.807) is 7.05 Å². The minimum absolute atomic E-state index is 0.0109. The Bertz CT molecular complexity index is 347. The number of halogens is 2. The van der Waals surface area contributed by atoms with Crippen molar-refractivity contribution in [2.24, 2.45) is 10.1 Å². The number of benzene rings is 1. The maximum Gasteiger partial charge on any atom is 0.263 e. The van der Waals surface area contributed by atoms with Crippen molar-refractivity contribution in [1.82, 2.24) is 0 Å². The van der Waals surface area contributed by atoms with Gasteiger partial charge in [0.25, 0.3) is 6.43 Å². The summed E-state index contributed by atoms with van der Waals surface area (Å²) in [5.41, 5.74) is 0.673. The van der Waals surface area contributed by atoms with Crippen molar-refractivity contribution in [3.8, 4) is 0 Å². The van der Waals surface area contributed by atoms with Gasteiger partial charge in [0, 0.05) is 12.6 Å². The van der Waals surface area contributed by atoms with Crippen LogP contribution in [0.2, 0.25) is 0 Å². The predicted octanol–water partition coefficient (Wildman–Crippen LogP) is 2.63. The zero-order valence-corrected chi connectivity index (χ0v) is 8.10. The molecule has 0 aliphatic carbocycles. The summed E-state index contributed by atoms with van der Waals surface area (Å²) in [6.07, 6.45) is 0.139. The number of oxime groups is 1. The second-order valence-corrected chi connectivity index (χ2v) is 2.67. The molecule has 0 radical (unpaired) electrons. The highest BCUT2D eigenvalue weighted by atomic mass is 19.3. The van der Waals surface area contributed by atoms with E-state index >= 15 is 0 Å². The molecular weight excluding hydrogens is 202 g/mol. The monoisotopic (exact) mass is 212 g/mol. The lowest BCUT2D eigenvalue weighted by atomic mass is 10.1. The van der Waals surface area contributed by atoms with Crippen molar-refractivity contribution < 1.29 is 13.6 Å². The Hall–Kier alpha value is -1.78. The van der Waals surface area contributed by atoms with E-state index in [9.17, 15) is 8.78 Å². The van der Waals surface area contributed by atoms with Crippen molar-refractivity contribution in [3.05, 3.63) is 35.4 Å². The Morgan fingerprint density at radius 2 is 1.93 bits per heavy atom. The number of hydrogen-bond donors (Lipinski definition) is 0. The first-order chi connectivity index (χ1) is 7.24. The minimum Gasteiger partial charge on any atom is -0.345 e. The molecule has 1 aromatic rings. The molecule has 0 saturated heterocycles. The second-order valence-electron chi connectivity index (χ2n) is 2.67. The van der Waals surface area contributed by atoms with Gasteiger partial charge in [-0.15, -0.1) is 0 Å². The van der Waals surface area contributed by atoms with Crippen molar-refractivity contribution in [1.29, 1.82) is 0 Å². The van der Waals surface area contributed by atoms with E-state index < -0.39 is 6.43 Å². The molecule has 1 aromatic carbocycles. The third kappa shape index (κ3) is 3.84. The average molecular weight is 212 g/mol. The summed E-state index contributed by atoms with van der Waals surface area (Å²) in [7, 11) is 1.55. The molecule has 0 bridgehead atoms. The fourth-order valence-corrected chi connectivity index (χ4v) is 0.893. The van der Waals surface area contributed by atoms with Gasteiger partial charge in [0.05, 0.1) is 6.21 Å². The Morgan fingerprint density at radius 3 is 2.47 bits per heavy atom. The lowest BCUT2D eigenvalue weighted by molar-refractivity contribution is 0.151. The van der Waals surface area contributed by atoms with Crippen molar-refractivity contribution >= 4 is 12.6 Å². The van der Waals surface area contributed by atoms with E-state index in [4.69, 9.17) is 0 Å². The molecule has 0 saturated carbocycles. The molecule has 0 N–H and O–H groups in total. The third-order valence-corrected chi connectivity index (χ3v) is 1.60. The van der Waals surface area contributed by atoms with Gasteiger partial charge in [-0.25, -0.2) is 8.78 Å². The Balaban J connectivity index is 2.60. The van der Waals surface area contributed by atoms with Crippen LogP contribution in [-0.2, 0) is 4.84 Å². The van der Waals surface area contributed by atoms with Gasteiger partial charge in [0.1, 0.15) is 0 Å². The van der Waals surface area contributed by atoms with Crippen molar-refractivity contribution in [3.63, 3.8) is 0 Å². The highest BCUT2D eigenvalue weighted by molar-refractivity contribution is 5.79. The first-order valence-corrected chi connectivity index (χ1v) is 4.22. The van der Waals surface area contributed by atoms with Crippen LogP contribution in [0.25, 0.3) is 0 Å². The second kappa shape index (κ2) is 5.85. The van der Waals surface area contributed by atoms with E-state index in [2.05, 4.69) is 15.0 Å². The molecule has 0 unspecified atom stereocenters. The van der Waals surface area contributed by atoms with Crippen LogP contribution in [-0.4, -0.2) is 19.7 Å². The number of hydrogen-bond acceptors (Lipinski definition) is 3. The van der Waals surface area contributed by atoms with Gasteiger partial charge in [-0.2, -0.15) is 0 Å². The normalized spacial score (nSPS) is 11.7. The number of aliphatic imine (C=N–C) groups is 1. The zero-order chi connectivity index (χ0) is 11.1. The molecule has 15 heavy (non-hydrogen) atoms. The van der Waals surface area contributed by atoms with Crippen LogP contribution >= 0.6 is 0 Å². The van der Waals surface area contributed by atoms with Gasteiger partial charge in [-0.3, -0.25) is 4.99 Å². The first kappa shape index (κ1) is 11.3. The van der Waals surface area contributed by atoms with Crippen molar-refractivity contribution in [2.45, 2.75) is 6.43 Å². The third-order valence-electron chi connectivity index (χ3n) is 1.60. The van der Waals surface area contributed by atoms with E-state index in [0.29, 0.717) is 5.56 Å². The molecule has 3 nitrogen and oxygen atoms in total. The number of rotatable bonds is 4. The van der Waals surface area contributed by atoms with Gasteiger partial charge in [-0.1, -0.05) is 29.4 Å². The maximum atomic E-state index is 12.2. The molecule has 0 heterocycles. The van der Waals surface area contributed by atoms with E-state index in [1.165, 1.54) is 36.9 Å². The van der Waals surface area contributed by atoms with E-state index in [0.717, 1.165) is 0 Å². The minimum atomic E-state index is -2.44. The van der Waals surface area contributed by atoms with Crippen LogP contribution < -0.4 is 0 Å². The summed E-state index contributed by atoms with van der Waals surface area (Å²) in [4.78, 5) is 8.14. The molecule has 80 valence electrons. The molecule has 0 atom stereocenters. The molecule has 0 fully saturated rings. The Kier molecular flexibility index (Phi) is 4.40. The average Bonchev–Trinajstić information content (AvgIpc) is 2.25. The van der Waals surface area contributed by atoms with Crippen LogP contribution in [0.3, 0.4) is 0 Å². The highest BCUT2D eigenvalue weighted by Crippen LogP contribution is 2.18. The summed E-state index contributed by atoms with van der Waals surface area (Å²) >= 11 is 0. The van der Waals surface area contributed by atoms with Crippen LogP contribution in [0.1, 0.15) is 17.6 Å². The Morgan fingerprint density at radius 1 is 1.27 bits per heavy atom. The molecular formula is C10H10F2N2O. The van der Waals surface area contributed by atoms with E-state index in [-0.39, 0.29) is 5.56 Å². The summed E-state index contributed by atoms with van der Waals surface area (Å²) in [6.45, 7) is 0. The molecule has 0 aliphatic heterocycles. The topological polar surface area (TPSA) is 34.0 Å². The molecule has 0 aliphatic rings. The summed E-state index contributed by atoms with van der Waals surface area (Å²) < 4.78 is 24.4. The van der Waals surface area contributed by atoms with Crippen LogP contribution in [0.4, 0.5) is 8.78 Å². The molecule has 0 amide bonds. The quantitative estimate of drug-likeness (QED) is 0.429. The summed E-state index contributed by atoms with van der Waals surface area (Å²) in [5.74, 6) is 0. The van der Waals surface area contributed by atoms with Gasteiger partial charge >= 0.3 is 0 Å². The molecule has 5 heteroatoms. The summed E-state index contributed by atoms with van der Waals surface area (Å²) in [6, 6.07) is 5.77. The molecule has 0 spiro atoms. The Labute approximate surface area is 86.1 Å². The number of nitrogens with zero attached hydrogens (tertiary/aromatic N) is 2. The van der Waals surface area contributed by atoms with E-state index in [1.807, 2.05) is 0 Å². The number of alkyl halides is 2. The zero-order valence-electron chi connectivity index (χ0n) is 8.10. The largest absolute Gasteiger partial charge is 0.345 e. The predicted molar refractivity (Wildman–Crippen MR) is 54.5 cm³/mol. The lowest BCUT2D eigenvalue weighted by Crippen LogP contribution is -1.87. The fraction of sp³-hybridized carbons (Fsp3) is 0.200. The van der Waals surface area contributed by atoms with Gasteiger partial charge in [0.2, 0.25) is 6.40 Å². The first-order valence-electron chi connectivity index (χ1n) is 4.22. The molecule has 1 rings (SSSR count). The van der Waals surface area contributed by atoms with Crippen LogP contribution in [0.15, 0.2) is 34.4 Å². The SMILES string of the molecule is CN=CO/N=C/c1ccc(C(F)F)cc1. The fourth-order valence-electron chi connectivity index (χ4n) is 0.893. The van der Waals surface area contributed by atoms with Crippen molar-refractivity contribution in [2.75, 3.05) is 7.05 Å². The van der Waals surface area contributed by atoms with Crippen LogP contribution in [0, 0.1) is 0 Å². The van der Waals surface area contributed by atoms with Gasteiger partial charge in [-0.05, 0) is 5.56 Å². The van der Waals surface area contributed by atoms with Crippen LogP contribution in [0.5, 0.6) is 0 Å². The molecule has 0 aromatic heterocycles. The lowest BCUT2D eigenvalue weighted by Gasteiger charge is -1.98. The highest BCUT2D eigenvalue weighted by Gasteiger charge is 2.04. The maximum absolute atomic E-state index is 12.2. The summed E-state index contributed by atoms with van der Waals surface area (Å²) in [5, 5.41) is 3.54. The standard InChI is InChI=1S/C10H10F2N2O/c1-13-7-15-14-6-8-2-4-9(5-3-8)10(11)12/h2-7,10H,1H3/b13-7?,14-6+. The van der Waals surface area contributed by atoms with Gasteiger partial charge < -0.3 is 4.84 Å². The van der Waals surface area contributed by atoms with Gasteiger partial charge in [0.15, 0.2) is 0 Å². The smallest absolute Gasteiger partial charge is 0.263 e.